The summed E-state index contributed by atoms with van der Waals surface area (Å²) in [6.07, 6.45) is -0.201. The van der Waals surface area contributed by atoms with Crippen LogP contribution in [0.3, 0.4) is 0 Å². The van der Waals surface area contributed by atoms with Crippen molar-refractivity contribution in [2.75, 3.05) is 0 Å². The van der Waals surface area contributed by atoms with Crippen molar-refractivity contribution in [2.24, 2.45) is 0 Å². The minimum Gasteiger partial charge on any atom is -0.459 e. The summed E-state index contributed by atoms with van der Waals surface area (Å²) in [4.78, 5) is 11.5. The van der Waals surface area contributed by atoms with Crippen LogP contribution < -0.4 is 0 Å². The molecule has 0 aliphatic rings. The molecular weight excluding hydrogens is 263 g/mol. The Labute approximate surface area is 96.6 Å². The van der Waals surface area contributed by atoms with Gasteiger partial charge in [-0.3, -0.25) is 0 Å². The first kappa shape index (κ1) is 12.2. The van der Waals surface area contributed by atoms with E-state index in [1.165, 1.54) is 12.1 Å². The summed E-state index contributed by atoms with van der Waals surface area (Å²) in [5.74, 6) is -0.922. The highest BCUT2D eigenvalue weighted by molar-refractivity contribution is 9.08. The van der Waals surface area contributed by atoms with Crippen LogP contribution in [-0.4, -0.2) is 12.1 Å². The normalized spacial score (nSPS) is 10.5. The van der Waals surface area contributed by atoms with E-state index in [1.54, 1.807) is 19.9 Å². The molecule has 0 amide bonds. The average molecular weight is 275 g/mol. The lowest BCUT2D eigenvalue weighted by atomic mass is 10.1. The van der Waals surface area contributed by atoms with E-state index in [4.69, 9.17) is 4.74 Å². The van der Waals surface area contributed by atoms with Crippen molar-refractivity contribution in [2.45, 2.75) is 25.3 Å². The number of alkyl halides is 1. The number of rotatable bonds is 3. The molecule has 0 aliphatic heterocycles. The van der Waals surface area contributed by atoms with Crippen molar-refractivity contribution in [3.63, 3.8) is 0 Å². The maximum Gasteiger partial charge on any atom is 0.338 e. The molecule has 1 rings (SSSR count). The lowest BCUT2D eigenvalue weighted by Crippen LogP contribution is -2.12. The van der Waals surface area contributed by atoms with Crippen LogP contribution in [0, 0.1) is 5.82 Å². The molecule has 0 spiro atoms. The van der Waals surface area contributed by atoms with E-state index >= 15 is 0 Å². The number of carbonyl (C=O) groups is 1. The molecule has 0 aliphatic carbocycles. The van der Waals surface area contributed by atoms with Gasteiger partial charge in [0.05, 0.1) is 11.7 Å². The van der Waals surface area contributed by atoms with Gasteiger partial charge in [0, 0.05) is 5.33 Å². The van der Waals surface area contributed by atoms with E-state index in [0.29, 0.717) is 10.9 Å². The summed E-state index contributed by atoms with van der Waals surface area (Å²) < 4.78 is 18.1. The first-order valence-electron chi connectivity index (χ1n) is 4.59. The summed E-state index contributed by atoms with van der Waals surface area (Å²) >= 11 is 3.21. The molecule has 82 valence electrons. The van der Waals surface area contributed by atoms with E-state index in [1.807, 2.05) is 0 Å². The highest BCUT2D eigenvalue weighted by Crippen LogP contribution is 2.13. The van der Waals surface area contributed by atoms with Crippen LogP contribution in [0.15, 0.2) is 18.2 Å². The van der Waals surface area contributed by atoms with Gasteiger partial charge in [0.15, 0.2) is 0 Å². The molecule has 0 heterocycles. The van der Waals surface area contributed by atoms with E-state index in [-0.39, 0.29) is 11.7 Å². The van der Waals surface area contributed by atoms with Crippen molar-refractivity contribution in [1.29, 1.82) is 0 Å². The number of ether oxygens (including phenoxy) is 1. The average Bonchev–Trinajstić information content (AvgIpc) is 2.15. The topological polar surface area (TPSA) is 26.3 Å². The quantitative estimate of drug-likeness (QED) is 0.625. The second-order valence-electron chi connectivity index (χ2n) is 3.44. The van der Waals surface area contributed by atoms with Gasteiger partial charge in [-0.15, -0.1) is 0 Å². The molecule has 4 heteroatoms. The Hall–Kier alpha value is -0.900. The molecular formula is C11H12BrFO2. The third-order valence-corrected chi connectivity index (χ3v) is 2.34. The SMILES string of the molecule is CC(C)OC(=O)c1cc(F)cc(CBr)c1. The third kappa shape index (κ3) is 3.63. The highest BCUT2D eigenvalue weighted by Gasteiger charge is 2.11. The Bertz CT molecular complexity index is 364. The Morgan fingerprint density at radius 1 is 1.47 bits per heavy atom. The summed E-state index contributed by atoms with van der Waals surface area (Å²) in [6.45, 7) is 3.51. The van der Waals surface area contributed by atoms with Gasteiger partial charge < -0.3 is 4.74 Å². The molecule has 1 aromatic carbocycles. The fourth-order valence-electron chi connectivity index (χ4n) is 1.13. The Balaban J connectivity index is 2.93. The summed E-state index contributed by atoms with van der Waals surface area (Å²) in [6, 6.07) is 4.17. The van der Waals surface area contributed by atoms with E-state index in [9.17, 15) is 9.18 Å². The predicted octanol–water partition coefficient (Wildman–Crippen LogP) is 3.29. The van der Waals surface area contributed by atoms with Crippen LogP contribution in [0.4, 0.5) is 4.39 Å². The second kappa shape index (κ2) is 5.26. The van der Waals surface area contributed by atoms with E-state index in [0.717, 1.165) is 0 Å². The Kier molecular flexibility index (Phi) is 4.27. The lowest BCUT2D eigenvalue weighted by Gasteiger charge is -2.08. The zero-order valence-electron chi connectivity index (χ0n) is 8.59. The van der Waals surface area contributed by atoms with Crippen molar-refractivity contribution in [3.05, 3.63) is 35.1 Å². The monoisotopic (exact) mass is 274 g/mol. The molecule has 0 bridgehead atoms. The zero-order valence-corrected chi connectivity index (χ0v) is 10.2. The molecule has 0 aromatic heterocycles. The van der Waals surface area contributed by atoms with Gasteiger partial charge in [-0.1, -0.05) is 15.9 Å². The molecule has 0 saturated heterocycles. The Morgan fingerprint density at radius 2 is 2.13 bits per heavy atom. The molecule has 0 saturated carbocycles. The maximum absolute atomic E-state index is 13.1. The van der Waals surface area contributed by atoms with Crippen LogP contribution in [0.25, 0.3) is 0 Å². The van der Waals surface area contributed by atoms with Crippen LogP contribution in [-0.2, 0) is 10.1 Å². The molecule has 1 aromatic rings. The maximum atomic E-state index is 13.1. The standard InChI is InChI=1S/C11H12BrFO2/c1-7(2)15-11(14)9-3-8(6-12)4-10(13)5-9/h3-5,7H,6H2,1-2H3. The fraction of sp³-hybridized carbons (Fsp3) is 0.364. The second-order valence-corrected chi connectivity index (χ2v) is 4.00. The van der Waals surface area contributed by atoms with Gasteiger partial charge in [-0.05, 0) is 37.6 Å². The highest BCUT2D eigenvalue weighted by atomic mass is 79.9. The van der Waals surface area contributed by atoms with Crippen molar-refractivity contribution < 1.29 is 13.9 Å². The number of halogens is 2. The first-order chi connectivity index (χ1) is 7.02. The number of esters is 1. The minimum atomic E-state index is -0.494. The van der Waals surface area contributed by atoms with Crippen molar-refractivity contribution >= 4 is 21.9 Å². The number of hydrogen-bond acceptors (Lipinski definition) is 2. The molecule has 15 heavy (non-hydrogen) atoms. The smallest absolute Gasteiger partial charge is 0.338 e. The molecule has 0 N–H and O–H groups in total. The fourth-order valence-corrected chi connectivity index (χ4v) is 1.45. The first-order valence-corrected chi connectivity index (χ1v) is 5.71. The van der Waals surface area contributed by atoms with Crippen molar-refractivity contribution in [3.8, 4) is 0 Å². The summed E-state index contributed by atoms with van der Waals surface area (Å²) in [7, 11) is 0. The molecule has 0 fully saturated rings. The third-order valence-electron chi connectivity index (χ3n) is 1.69. The van der Waals surface area contributed by atoms with Gasteiger partial charge in [-0.2, -0.15) is 0 Å². The van der Waals surface area contributed by atoms with E-state index in [2.05, 4.69) is 15.9 Å². The minimum absolute atomic E-state index is 0.201. The number of benzene rings is 1. The van der Waals surface area contributed by atoms with Crippen LogP contribution in [0.5, 0.6) is 0 Å². The molecule has 0 atom stereocenters. The van der Waals surface area contributed by atoms with Gasteiger partial charge in [0.25, 0.3) is 0 Å². The predicted molar refractivity (Wildman–Crippen MR) is 59.6 cm³/mol. The van der Waals surface area contributed by atoms with Crippen molar-refractivity contribution in [1.82, 2.24) is 0 Å². The van der Waals surface area contributed by atoms with Gasteiger partial charge in [0.2, 0.25) is 0 Å². The van der Waals surface area contributed by atoms with Crippen LogP contribution in [0.1, 0.15) is 29.8 Å². The number of hydrogen-bond donors (Lipinski definition) is 0. The summed E-state index contributed by atoms with van der Waals surface area (Å²) in [5, 5.41) is 0.507. The molecule has 0 radical (unpaired) electrons. The van der Waals surface area contributed by atoms with Gasteiger partial charge in [-0.25, -0.2) is 9.18 Å². The lowest BCUT2D eigenvalue weighted by molar-refractivity contribution is 0.0377. The van der Waals surface area contributed by atoms with Crippen LogP contribution >= 0.6 is 15.9 Å². The number of carbonyl (C=O) groups excluding carboxylic acids is 1. The van der Waals surface area contributed by atoms with Gasteiger partial charge >= 0.3 is 5.97 Å². The van der Waals surface area contributed by atoms with Gasteiger partial charge in [0.1, 0.15) is 5.82 Å². The molecule has 2 nitrogen and oxygen atoms in total. The van der Waals surface area contributed by atoms with Crippen LogP contribution in [0.2, 0.25) is 0 Å². The summed E-state index contributed by atoms with van der Waals surface area (Å²) in [5.41, 5.74) is 0.962. The van der Waals surface area contributed by atoms with E-state index < -0.39 is 11.8 Å². The molecule has 0 unspecified atom stereocenters. The zero-order chi connectivity index (χ0) is 11.4. The Morgan fingerprint density at radius 3 is 2.67 bits per heavy atom. The largest absolute Gasteiger partial charge is 0.459 e.